The fourth-order valence-electron chi connectivity index (χ4n) is 5.65. The molecule has 3 atom stereocenters. The van der Waals surface area contributed by atoms with Gasteiger partial charge in [-0.15, -0.1) is 0 Å². The monoisotopic (exact) mass is 393 g/mol. The lowest BCUT2D eigenvalue weighted by atomic mass is 9.69. The first-order chi connectivity index (χ1) is 12.6. The maximum absolute atomic E-state index is 13.5. The molecule has 2 bridgehead atoms. The summed E-state index contributed by atoms with van der Waals surface area (Å²) in [6.07, 6.45) is 5.24. The van der Waals surface area contributed by atoms with Gasteiger partial charge in [-0.3, -0.25) is 4.79 Å². The smallest absolute Gasteiger partial charge is 0.260 e. The molecule has 2 aliphatic carbocycles. The highest BCUT2D eigenvalue weighted by molar-refractivity contribution is 7.90. The number of fused-ring (bicyclic) bond motifs is 1. The summed E-state index contributed by atoms with van der Waals surface area (Å²) in [6.45, 7) is 4.28. The van der Waals surface area contributed by atoms with E-state index in [4.69, 9.17) is 4.74 Å². The first kappa shape index (κ1) is 18.5. The number of nitrogens with zero attached hydrogens (tertiary/aromatic N) is 1. The van der Waals surface area contributed by atoms with E-state index in [0.29, 0.717) is 17.2 Å². The van der Waals surface area contributed by atoms with Crippen LogP contribution in [-0.2, 0) is 14.8 Å². The number of carbonyl (C=O) groups excluding carboxylic acids is 1. The minimum absolute atomic E-state index is 0.0387. The summed E-state index contributed by atoms with van der Waals surface area (Å²) < 4.78 is 45.5. The van der Waals surface area contributed by atoms with E-state index >= 15 is 0 Å². The molecule has 0 N–H and O–H groups in total. The summed E-state index contributed by atoms with van der Waals surface area (Å²) in [7, 11) is -2.20. The van der Waals surface area contributed by atoms with Crippen LogP contribution in [0.4, 0.5) is 4.39 Å². The Morgan fingerprint density at radius 1 is 1.37 bits per heavy atom. The van der Waals surface area contributed by atoms with E-state index in [9.17, 15) is 17.6 Å². The van der Waals surface area contributed by atoms with E-state index in [1.54, 1.807) is 0 Å². The fourth-order valence-corrected chi connectivity index (χ4v) is 8.16. The summed E-state index contributed by atoms with van der Waals surface area (Å²) in [5.74, 6) is -0.114. The normalized spacial score (nSPS) is 32.8. The molecule has 146 valence electrons. The summed E-state index contributed by atoms with van der Waals surface area (Å²) in [5, 5.41) is 0. The number of hydrogen-bond donors (Lipinski definition) is 0. The minimum atomic E-state index is -3.66. The van der Waals surface area contributed by atoms with Gasteiger partial charge in [-0.1, -0.05) is 13.8 Å². The zero-order chi connectivity index (χ0) is 19.6. The van der Waals surface area contributed by atoms with E-state index in [1.165, 1.54) is 37.5 Å². The molecule has 0 aromatic heterocycles. The zero-order valence-corrected chi connectivity index (χ0v) is 16.6. The lowest BCUT2D eigenvalue weighted by Gasteiger charge is -2.36. The van der Waals surface area contributed by atoms with Crippen LogP contribution in [0.3, 0.4) is 0 Å². The molecule has 0 unspecified atom stereocenters. The lowest BCUT2D eigenvalue weighted by molar-refractivity contribution is -0.123. The van der Waals surface area contributed by atoms with Gasteiger partial charge in [0, 0.05) is 17.1 Å². The van der Waals surface area contributed by atoms with Gasteiger partial charge < -0.3 is 4.74 Å². The Bertz CT molecular complexity index is 939. The Hall–Kier alpha value is -1.89. The SMILES string of the molecule is COc1ccc(F)cc1/C=C/C(=O)N1[C@@H]2C[C@H]3CC[C@]2(CS1(=O)=O)C3(C)C. The largest absolute Gasteiger partial charge is 0.496 e. The molecule has 1 aromatic carbocycles. The Morgan fingerprint density at radius 3 is 2.78 bits per heavy atom. The van der Waals surface area contributed by atoms with Gasteiger partial charge >= 0.3 is 0 Å². The number of rotatable bonds is 3. The van der Waals surface area contributed by atoms with E-state index in [2.05, 4.69) is 13.8 Å². The van der Waals surface area contributed by atoms with E-state index in [-0.39, 0.29) is 22.6 Å². The average molecular weight is 393 g/mol. The van der Waals surface area contributed by atoms with Gasteiger partial charge in [0.1, 0.15) is 11.6 Å². The number of ether oxygens (including phenoxy) is 1. The third-order valence-corrected chi connectivity index (χ3v) is 9.14. The van der Waals surface area contributed by atoms with Crippen molar-refractivity contribution < 1.29 is 22.3 Å². The Kier molecular flexibility index (Phi) is 3.97. The van der Waals surface area contributed by atoms with E-state index in [1.807, 2.05) is 0 Å². The highest BCUT2D eigenvalue weighted by Gasteiger charge is 2.72. The van der Waals surface area contributed by atoms with Crippen molar-refractivity contribution in [2.45, 2.75) is 39.2 Å². The number of sulfonamides is 1. The van der Waals surface area contributed by atoms with Crippen molar-refractivity contribution in [2.75, 3.05) is 12.9 Å². The summed E-state index contributed by atoms with van der Waals surface area (Å²) in [5.41, 5.74) is -0.0448. The van der Waals surface area contributed by atoms with Crippen LogP contribution >= 0.6 is 0 Å². The summed E-state index contributed by atoms with van der Waals surface area (Å²) in [6, 6.07) is 3.72. The van der Waals surface area contributed by atoms with Gasteiger partial charge in [0.25, 0.3) is 5.91 Å². The van der Waals surface area contributed by atoms with Gasteiger partial charge in [0.15, 0.2) is 0 Å². The van der Waals surface area contributed by atoms with Crippen molar-refractivity contribution in [1.29, 1.82) is 0 Å². The highest BCUT2D eigenvalue weighted by Crippen LogP contribution is 2.69. The maximum atomic E-state index is 13.5. The molecular formula is C20H24FNO4S. The van der Waals surface area contributed by atoms with Crippen LogP contribution in [0.5, 0.6) is 5.75 Å². The molecule has 2 saturated carbocycles. The van der Waals surface area contributed by atoms with Crippen molar-refractivity contribution >= 4 is 22.0 Å². The third kappa shape index (κ3) is 2.47. The number of carbonyl (C=O) groups is 1. The number of hydrogen-bond acceptors (Lipinski definition) is 4. The van der Waals surface area contributed by atoms with Gasteiger partial charge in [-0.05, 0) is 54.9 Å². The molecule has 0 radical (unpaired) electrons. The first-order valence-corrected chi connectivity index (χ1v) is 10.8. The van der Waals surface area contributed by atoms with E-state index < -0.39 is 21.7 Å². The number of halogens is 1. The van der Waals surface area contributed by atoms with Gasteiger partial charge in [-0.25, -0.2) is 17.1 Å². The quantitative estimate of drug-likeness (QED) is 0.740. The topological polar surface area (TPSA) is 63.7 Å². The Morgan fingerprint density at radius 2 is 2.11 bits per heavy atom. The van der Waals surface area contributed by atoms with Gasteiger partial charge in [0.2, 0.25) is 10.0 Å². The summed E-state index contributed by atoms with van der Waals surface area (Å²) in [4.78, 5) is 12.9. The zero-order valence-electron chi connectivity index (χ0n) is 15.7. The molecule has 3 aliphatic rings. The number of benzene rings is 1. The second kappa shape index (κ2) is 5.80. The molecule has 5 nitrogen and oxygen atoms in total. The third-order valence-electron chi connectivity index (χ3n) is 7.23. The molecular weight excluding hydrogens is 369 g/mol. The second-order valence-corrected chi connectivity index (χ2v) is 10.3. The van der Waals surface area contributed by atoms with Crippen molar-refractivity contribution in [1.82, 2.24) is 4.31 Å². The fraction of sp³-hybridized carbons (Fsp3) is 0.550. The lowest BCUT2D eigenvalue weighted by Crippen LogP contribution is -2.43. The molecule has 3 fully saturated rings. The van der Waals surface area contributed by atoms with Crippen molar-refractivity contribution in [3.63, 3.8) is 0 Å². The molecule has 1 aromatic rings. The van der Waals surface area contributed by atoms with Crippen LogP contribution in [0.25, 0.3) is 6.08 Å². The molecule has 1 spiro atoms. The van der Waals surface area contributed by atoms with Crippen molar-refractivity contribution in [3.05, 3.63) is 35.7 Å². The van der Waals surface area contributed by atoms with Crippen LogP contribution in [0.15, 0.2) is 24.3 Å². The first-order valence-electron chi connectivity index (χ1n) is 9.20. The Labute approximate surface area is 159 Å². The van der Waals surface area contributed by atoms with Crippen LogP contribution in [-0.4, -0.2) is 37.5 Å². The maximum Gasteiger partial charge on any atom is 0.260 e. The molecule has 4 rings (SSSR count). The van der Waals surface area contributed by atoms with Crippen LogP contribution in [0.1, 0.15) is 38.7 Å². The number of amides is 1. The van der Waals surface area contributed by atoms with Crippen molar-refractivity contribution in [3.8, 4) is 5.75 Å². The van der Waals surface area contributed by atoms with Crippen LogP contribution in [0, 0.1) is 22.6 Å². The predicted octanol–water partition coefficient (Wildman–Crippen LogP) is 3.21. The number of methoxy groups -OCH3 is 1. The minimum Gasteiger partial charge on any atom is -0.496 e. The Balaban J connectivity index is 1.66. The predicted molar refractivity (Wildman–Crippen MR) is 100.0 cm³/mol. The van der Waals surface area contributed by atoms with Crippen LogP contribution in [0.2, 0.25) is 0 Å². The van der Waals surface area contributed by atoms with Gasteiger partial charge in [-0.2, -0.15) is 0 Å². The van der Waals surface area contributed by atoms with E-state index in [0.717, 1.165) is 23.6 Å². The molecule has 27 heavy (non-hydrogen) atoms. The molecule has 1 aliphatic heterocycles. The van der Waals surface area contributed by atoms with Crippen LogP contribution < -0.4 is 4.74 Å². The highest BCUT2D eigenvalue weighted by atomic mass is 32.2. The molecule has 1 amide bonds. The average Bonchev–Trinajstić information content (AvgIpc) is 3.07. The standard InChI is InChI=1S/C20H24FNO4S/c1-19(2)14-8-9-20(19)12-27(24,25)22(17(20)11-14)18(23)7-4-13-10-15(21)5-6-16(13)26-3/h4-7,10,14,17H,8-9,11-12H2,1-3H3/b7-4+/t14-,17-,20-/m1/s1. The van der Waals surface area contributed by atoms with Gasteiger partial charge in [0.05, 0.1) is 18.9 Å². The molecule has 1 heterocycles. The second-order valence-electron chi connectivity index (χ2n) is 8.47. The van der Waals surface area contributed by atoms with Crippen molar-refractivity contribution in [2.24, 2.45) is 16.7 Å². The summed E-state index contributed by atoms with van der Waals surface area (Å²) >= 11 is 0. The molecule has 7 heteroatoms. The molecule has 1 saturated heterocycles.